The zero-order valence-electron chi connectivity index (χ0n) is 16.7. The van der Waals surface area contributed by atoms with Crippen molar-refractivity contribution in [3.05, 3.63) is 48.0 Å². The van der Waals surface area contributed by atoms with Crippen LogP contribution in [0.15, 0.2) is 36.9 Å². The molecule has 7 nitrogen and oxygen atoms in total. The minimum Gasteiger partial charge on any atom is -0.466 e. The Morgan fingerprint density at radius 3 is 2.29 bits per heavy atom. The lowest BCUT2D eigenvalue weighted by Gasteiger charge is -2.18. The molecule has 0 saturated heterocycles. The van der Waals surface area contributed by atoms with Crippen molar-refractivity contribution < 1.29 is 28.6 Å². The van der Waals surface area contributed by atoms with Gasteiger partial charge < -0.3 is 19.5 Å². The molecule has 28 heavy (non-hydrogen) atoms. The van der Waals surface area contributed by atoms with Crippen molar-refractivity contribution in [2.75, 3.05) is 20.3 Å². The van der Waals surface area contributed by atoms with E-state index in [1.807, 2.05) is 0 Å². The lowest BCUT2D eigenvalue weighted by molar-refractivity contribution is -0.146. The van der Waals surface area contributed by atoms with Gasteiger partial charge in [-0.3, -0.25) is 9.59 Å². The van der Waals surface area contributed by atoms with E-state index < -0.39 is 23.9 Å². The maximum absolute atomic E-state index is 12.5. The Morgan fingerprint density at radius 2 is 1.75 bits per heavy atom. The summed E-state index contributed by atoms with van der Waals surface area (Å²) in [6.45, 7) is 7.53. The standard InChI is InChI=1S/C21H29NO6/c1-5-8-18(26-4)15-9-11-16(12-10-15)20(24)22-17(21(25)28-7-3)13-14-19(23)27-6-2/h5,9-12,17-18H,1,6-8,13-14H2,2-4H3,(H,22,24)/t17-,18?/m0/s1. The second kappa shape index (κ2) is 12.7. The Morgan fingerprint density at radius 1 is 1.11 bits per heavy atom. The third-order valence-corrected chi connectivity index (χ3v) is 4.03. The highest BCUT2D eigenvalue weighted by molar-refractivity contribution is 5.96. The molecule has 0 spiro atoms. The van der Waals surface area contributed by atoms with Crippen LogP contribution in [-0.2, 0) is 23.8 Å². The monoisotopic (exact) mass is 391 g/mol. The average molecular weight is 391 g/mol. The fourth-order valence-electron chi connectivity index (χ4n) is 2.60. The van der Waals surface area contributed by atoms with Crippen molar-refractivity contribution in [1.29, 1.82) is 0 Å². The minimum absolute atomic E-state index is 0.00755. The van der Waals surface area contributed by atoms with Crippen LogP contribution in [0.2, 0.25) is 0 Å². The van der Waals surface area contributed by atoms with E-state index in [1.165, 1.54) is 0 Å². The number of hydrogen-bond donors (Lipinski definition) is 1. The molecule has 0 fully saturated rings. The van der Waals surface area contributed by atoms with E-state index in [2.05, 4.69) is 11.9 Å². The molecule has 154 valence electrons. The Bertz CT molecular complexity index is 655. The number of carbonyl (C=O) groups excluding carboxylic acids is 3. The molecule has 7 heteroatoms. The van der Waals surface area contributed by atoms with Crippen LogP contribution in [0.1, 0.15) is 55.1 Å². The molecule has 1 N–H and O–H groups in total. The summed E-state index contributed by atoms with van der Waals surface area (Å²) in [4.78, 5) is 36.2. The van der Waals surface area contributed by atoms with Gasteiger partial charge in [0, 0.05) is 19.1 Å². The van der Waals surface area contributed by atoms with Crippen molar-refractivity contribution in [1.82, 2.24) is 5.32 Å². The van der Waals surface area contributed by atoms with Gasteiger partial charge >= 0.3 is 11.9 Å². The first-order valence-corrected chi connectivity index (χ1v) is 9.33. The zero-order valence-corrected chi connectivity index (χ0v) is 16.7. The Kier molecular flexibility index (Phi) is 10.6. The fourth-order valence-corrected chi connectivity index (χ4v) is 2.60. The van der Waals surface area contributed by atoms with Crippen LogP contribution in [0.25, 0.3) is 0 Å². The summed E-state index contributed by atoms with van der Waals surface area (Å²) in [5.41, 5.74) is 1.31. The molecule has 1 aromatic carbocycles. The van der Waals surface area contributed by atoms with Crippen molar-refractivity contribution in [3.63, 3.8) is 0 Å². The maximum Gasteiger partial charge on any atom is 0.328 e. The number of nitrogens with one attached hydrogen (secondary N) is 1. The first kappa shape index (κ1) is 23.4. The van der Waals surface area contributed by atoms with Crippen LogP contribution in [0, 0.1) is 0 Å². The maximum atomic E-state index is 12.5. The van der Waals surface area contributed by atoms with E-state index >= 15 is 0 Å². The van der Waals surface area contributed by atoms with Crippen LogP contribution in [0.4, 0.5) is 0 Å². The summed E-state index contributed by atoms with van der Waals surface area (Å²) in [6.07, 6.45) is 2.40. The quantitative estimate of drug-likeness (QED) is 0.435. The average Bonchev–Trinajstić information content (AvgIpc) is 2.69. The highest BCUT2D eigenvalue weighted by Gasteiger charge is 2.24. The Hall–Kier alpha value is -2.67. The predicted octanol–water partition coefficient (Wildman–Crippen LogP) is 2.96. The van der Waals surface area contributed by atoms with Gasteiger partial charge in [0.25, 0.3) is 5.91 Å². The van der Waals surface area contributed by atoms with E-state index in [0.29, 0.717) is 12.0 Å². The second-order valence-corrected chi connectivity index (χ2v) is 5.99. The van der Waals surface area contributed by atoms with Crippen LogP contribution >= 0.6 is 0 Å². The molecule has 2 atom stereocenters. The van der Waals surface area contributed by atoms with E-state index in [1.54, 1.807) is 51.3 Å². The summed E-state index contributed by atoms with van der Waals surface area (Å²) in [5.74, 6) is -1.43. The van der Waals surface area contributed by atoms with Crippen LogP contribution in [0.5, 0.6) is 0 Å². The van der Waals surface area contributed by atoms with Crippen LogP contribution in [0.3, 0.4) is 0 Å². The van der Waals surface area contributed by atoms with Crippen LogP contribution < -0.4 is 5.32 Å². The molecule has 0 saturated carbocycles. The number of carbonyl (C=O) groups is 3. The summed E-state index contributed by atoms with van der Waals surface area (Å²) in [5, 5.41) is 2.63. The third kappa shape index (κ3) is 7.52. The molecule has 1 unspecified atom stereocenters. The lowest BCUT2D eigenvalue weighted by Crippen LogP contribution is -2.42. The normalized spacial score (nSPS) is 12.5. The second-order valence-electron chi connectivity index (χ2n) is 5.99. The first-order valence-electron chi connectivity index (χ1n) is 9.33. The highest BCUT2D eigenvalue weighted by atomic mass is 16.5. The first-order chi connectivity index (χ1) is 13.5. The molecule has 1 aromatic rings. The van der Waals surface area contributed by atoms with E-state index in [4.69, 9.17) is 14.2 Å². The van der Waals surface area contributed by atoms with Gasteiger partial charge in [0.05, 0.1) is 19.3 Å². The summed E-state index contributed by atoms with van der Waals surface area (Å²) in [7, 11) is 1.61. The molecule has 0 radical (unpaired) electrons. The number of benzene rings is 1. The number of hydrogen-bond acceptors (Lipinski definition) is 6. The molecule has 1 rings (SSSR count). The minimum atomic E-state index is -0.927. The Balaban J connectivity index is 2.81. The van der Waals surface area contributed by atoms with Gasteiger partial charge in [-0.2, -0.15) is 0 Å². The van der Waals surface area contributed by atoms with Gasteiger partial charge in [0.2, 0.25) is 0 Å². The van der Waals surface area contributed by atoms with Gasteiger partial charge in [-0.25, -0.2) is 4.79 Å². The SMILES string of the molecule is C=CCC(OC)c1ccc(C(=O)N[C@@H](CCC(=O)OCC)C(=O)OCC)cc1. The van der Waals surface area contributed by atoms with Gasteiger partial charge in [0.1, 0.15) is 6.04 Å². The van der Waals surface area contributed by atoms with Crippen molar-refractivity contribution in [2.24, 2.45) is 0 Å². The Labute approximate surface area is 166 Å². The topological polar surface area (TPSA) is 90.9 Å². The van der Waals surface area contributed by atoms with E-state index in [-0.39, 0.29) is 32.2 Å². The molecule has 0 aromatic heterocycles. The fraction of sp³-hybridized carbons (Fsp3) is 0.476. The number of esters is 2. The molecule has 0 bridgehead atoms. The van der Waals surface area contributed by atoms with Gasteiger partial charge in [-0.15, -0.1) is 6.58 Å². The molecule has 0 aliphatic carbocycles. The third-order valence-electron chi connectivity index (χ3n) is 4.03. The molecular formula is C21H29NO6. The molecule has 0 heterocycles. The number of rotatable bonds is 12. The molecule has 0 aliphatic heterocycles. The zero-order chi connectivity index (χ0) is 20.9. The summed E-state index contributed by atoms with van der Waals surface area (Å²) in [6, 6.07) is 5.99. The highest BCUT2D eigenvalue weighted by Crippen LogP contribution is 2.21. The van der Waals surface area contributed by atoms with Crippen molar-refractivity contribution >= 4 is 17.8 Å². The van der Waals surface area contributed by atoms with E-state index in [9.17, 15) is 14.4 Å². The van der Waals surface area contributed by atoms with Crippen LogP contribution in [-0.4, -0.2) is 44.2 Å². The summed E-state index contributed by atoms with van der Waals surface area (Å²) >= 11 is 0. The van der Waals surface area contributed by atoms with Gasteiger partial charge in [-0.1, -0.05) is 18.2 Å². The van der Waals surface area contributed by atoms with Crippen molar-refractivity contribution in [2.45, 2.75) is 45.3 Å². The lowest BCUT2D eigenvalue weighted by atomic mass is 10.0. The van der Waals surface area contributed by atoms with Gasteiger partial charge in [0.15, 0.2) is 0 Å². The van der Waals surface area contributed by atoms with Crippen molar-refractivity contribution in [3.8, 4) is 0 Å². The summed E-state index contributed by atoms with van der Waals surface area (Å²) < 4.78 is 15.3. The molecular weight excluding hydrogens is 362 g/mol. The smallest absolute Gasteiger partial charge is 0.328 e. The largest absolute Gasteiger partial charge is 0.466 e. The number of ether oxygens (including phenoxy) is 3. The number of methoxy groups -OCH3 is 1. The number of amides is 1. The molecule has 1 amide bonds. The van der Waals surface area contributed by atoms with Gasteiger partial charge in [-0.05, 0) is 44.4 Å². The van der Waals surface area contributed by atoms with E-state index in [0.717, 1.165) is 5.56 Å². The molecule has 0 aliphatic rings. The predicted molar refractivity (Wildman–Crippen MR) is 105 cm³/mol.